The Morgan fingerprint density at radius 3 is 1.94 bits per heavy atom. The fourth-order valence-corrected chi connectivity index (χ4v) is 0.828. The maximum atomic E-state index is 13.1. The molecule has 0 bridgehead atoms. The van der Waals surface area contributed by atoms with E-state index in [2.05, 4.69) is 0 Å². The summed E-state index contributed by atoms with van der Waals surface area (Å²) in [5.41, 5.74) is -1.02. The van der Waals surface area contributed by atoms with E-state index in [0.29, 0.717) is 6.08 Å². The summed E-state index contributed by atoms with van der Waals surface area (Å²) in [4.78, 5) is 10.7. The van der Waals surface area contributed by atoms with Crippen molar-refractivity contribution in [2.24, 2.45) is 0 Å². The first-order chi connectivity index (χ1) is 7.18. The number of hydrogen-bond acceptors (Lipinski definition) is 1. The Kier molecular flexibility index (Phi) is 5.14. The molecule has 0 spiro atoms. The highest BCUT2D eigenvalue weighted by Gasteiger charge is 2.31. The van der Waals surface area contributed by atoms with Gasteiger partial charge < -0.3 is 0 Å². The van der Waals surface area contributed by atoms with Crippen LogP contribution in [0, 0.1) is 0 Å². The van der Waals surface area contributed by atoms with Gasteiger partial charge in [0.25, 0.3) is 0 Å². The van der Waals surface area contributed by atoms with Crippen molar-refractivity contribution in [1.82, 2.24) is 0 Å². The number of Topliss-reactive ketones (excluding diaryl/α,β-unsaturated/α-hetero) is 1. The average molecular weight is 236 g/mol. The van der Waals surface area contributed by atoms with Crippen LogP contribution in [0.2, 0.25) is 0 Å². The fourth-order valence-electron chi connectivity index (χ4n) is 0.828. The second-order valence-electron chi connectivity index (χ2n) is 3.15. The van der Waals surface area contributed by atoms with Gasteiger partial charge in [-0.1, -0.05) is 6.08 Å². The standard InChI is InChI=1S/C11H12F4O/c1-4-9(11(13,14)15)6-10(12)5-7(2)8(3)16/h4-6H,1-3H3/b7-5+,9-4+,10-6+. The summed E-state index contributed by atoms with van der Waals surface area (Å²) in [5, 5.41) is 0. The second-order valence-corrected chi connectivity index (χ2v) is 3.15. The molecule has 0 amide bonds. The minimum absolute atomic E-state index is 0.0615. The number of rotatable bonds is 3. The Morgan fingerprint density at radius 1 is 1.12 bits per heavy atom. The molecule has 16 heavy (non-hydrogen) atoms. The highest BCUT2D eigenvalue weighted by Crippen LogP contribution is 2.27. The molecule has 0 radical (unpaired) electrons. The molecule has 0 saturated carbocycles. The van der Waals surface area contributed by atoms with Crippen LogP contribution < -0.4 is 0 Å². The third kappa shape index (κ3) is 4.91. The van der Waals surface area contributed by atoms with Crippen molar-refractivity contribution in [3.8, 4) is 0 Å². The van der Waals surface area contributed by atoms with Crippen LogP contribution in [0.4, 0.5) is 17.6 Å². The van der Waals surface area contributed by atoms with Gasteiger partial charge >= 0.3 is 6.18 Å². The molecule has 0 aromatic heterocycles. The maximum absolute atomic E-state index is 13.1. The molecule has 0 aromatic carbocycles. The van der Waals surface area contributed by atoms with Crippen LogP contribution in [0.15, 0.2) is 35.2 Å². The van der Waals surface area contributed by atoms with Gasteiger partial charge in [-0.15, -0.1) is 0 Å². The third-order valence-corrected chi connectivity index (χ3v) is 1.84. The van der Waals surface area contributed by atoms with Crippen molar-refractivity contribution in [3.05, 3.63) is 35.2 Å². The quantitative estimate of drug-likeness (QED) is 0.413. The molecule has 90 valence electrons. The van der Waals surface area contributed by atoms with Crippen molar-refractivity contribution in [1.29, 1.82) is 0 Å². The third-order valence-electron chi connectivity index (χ3n) is 1.84. The average Bonchev–Trinajstić information content (AvgIpc) is 2.11. The molecule has 0 heterocycles. The molecule has 5 heteroatoms. The van der Waals surface area contributed by atoms with Crippen molar-refractivity contribution in [3.63, 3.8) is 0 Å². The molecular formula is C11H12F4O. The topological polar surface area (TPSA) is 17.1 Å². The second kappa shape index (κ2) is 5.63. The van der Waals surface area contributed by atoms with Crippen LogP contribution in [0.1, 0.15) is 20.8 Å². The number of hydrogen-bond donors (Lipinski definition) is 0. The summed E-state index contributed by atoms with van der Waals surface area (Å²) < 4.78 is 49.7. The number of halogens is 4. The first-order valence-electron chi connectivity index (χ1n) is 4.48. The Labute approximate surface area is 91.1 Å². The SMILES string of the molecule is C\C=C(/C=C(F)\C=C(/C)C(C)=O)C(F)(F)F. The molecule has 0 fully saturated rings. The lowest BCUT2D eigenvalue weighted by atomic mass is 10.1. The van der Waals surface area contributed by atoms with E-state index in [0.717, 1.165) is 19.1 Å². The summed E-state index contributed by atoms with van der Waals surface area (Å²) in [6.07, 6.45) is -2.70. The minimum atomic E-state index is -4.59. The van der Waals surface area contributed by atoms with E-state index in [1.54, 1.807) is 0 Å². The molecular weight excluding hydrogens is 224 g/mol. The summed E-state index contributed by atoms with van der Waals surface area (Å²) in [6, 6.07) is 0. The van der Waals surface area contributed by atoms with Gasteiger partial charge in [-0.2, -0.15) is 13.2 Å². The maximum Gasteiger partial charge on any atom is 0.416 e. The highest BCUT2D eigenvalue weighted by atomic mass is 19.4. The van der Waals surface area contributed by atoms with E-state index < -0.39 is 23.4 Å². The number of ketones is 1. The number of carbonyl (C=O) groups is 1. The Bertz CT molecular complexity index is 359. The van der Waals surface area contributed by atoms with Gasteiger partial charge in [-0.25, -0.2) is 4.39 Å². The molecule has 0 atom stereocenters. The molecule has 0 unspecified atom stereocenters. The first kappa shape index (κ1) is 14.6. The van der Waals surface area contributed by atoms with Crippen molar-refractivity contribution in [2.75, 3.05) is 0 Å². The molecule has 0 rings (SSSR count). The molecule has 1 nitrogen and oxygen atoms in total. The largest absolute Gasteiger partial charge is 0.416 e. The van der Waals surface area contributed by atoms with Crippen LogP contribution in [0.5, 0.6) is 0 Å². The summed E-state index contributed by atoms with van der Waals surface area (Å²) in [7, 11) is 0. The number of carbonyl (C=O) groups excluding carboxylic acids is 1. The van der Waals surface area contributed by atoms with Crippen LogP contribution >= 0.6 is 0 Å². The summed E-state index contributed by atoms with van der Waals surface area (Å²) in [5.74, 6) is -1.49. The van der Waals surface area contributed by atoms with Crippen molar-refractivity contribution >= 4 is 5.78 Å². The molecule has 0 aromatic rings. The molecule has 0 aliphatic heterocycles. The van der Waals surface area contributed by atoms with E-state index in [-0.39, 0.29) is 5.57 Å². The number of allylic oxidation sites excluding steroid dienone is 6. The van der Waals surface area contributed by atoms with Crippen LogP contribution in [0.25, 0.3) is 0 Å². The summed E-state index contributed by atoms with van der Waals surface area (Å²) >= 11 is 0. The van der Waals surface area contributed by atoms with Crippen molar-refractivity contribution < 1.29 is 22.4 Å². The Morgan fingerprint density at radius 2 is 1.62 bits per heavy atom. The zero-order valence-corrected chi connectivity index (χ0v) is 9.15. The normalized spacial score (nSPS) is 15.3. The monoisotopic (exact) mass is 236 g/mol. The van der Waals surface area contributed by atoms with Gasteiger partial charge in [0.2, 0.25) is 0 Å². The predicted molar refractivity (Wildman–Crippen MR) is 53.4 cm³/mol. The summed E-state index contributed by atoms with van der Waals surface area (Å²) in [6.45, 7) is 3.70. The first-order valence-corrected chi connectivity index (χ1v) is 4.48. The smallest absolute Gasteiger partial charge is 0.295 e. The van der Waals surface area contributed by atoms with Gasteiger partial charge in [-0.3, -0.25) is 4.79 Å². The van der Waals surface area contributed by atoms with Gasteiger partial charge in [-0.05, 0) is 38.5 Å². The Balaban J connectivity index is 5.06. The van der Waals surface area contributed by atoms with Gasteiger partial charge in [0.05, 0.1) is 5.57 Å². The molecule has 0 aliphatic rings. The van der Waals surface area contributed by atoms with Crippen LogP contribution in [0.3, 0.4) is 0 Å². The fraction of sp³-hybridized carbons (Fsp3) is 0.364. The van der Waals surface area contributed by atoms with Crippen LogP contribution in [-0.2, 0) is 4.79 Å². The van der Waals surface area contributed by atoms with Crippen molar-refractivity contribution in [2.45, 2.75) is 26.9 Å². The zero-order chi connectivity index (χ0) is 12.9. The lowest BCUT2D eigenvalue weighted by Crippen LogP contribution is -2.09. The molecule has 0 aliphatic carbocycles. The van der Waals surface area contributed by atoms with E-state index in [1.807, 2.05) is 0 Å². The van der Waals surface area contributed by atoms with Gasteiger partial charge in [0, 0.05) is 0 Å². The minimum Gasteiger partial charge on any atom is -0.295 e. The zero-order valence-electron chi connectivity index (χ0n) is 9.15. The van der Waals surface area contributed by atoms with E-state index >= 15 is 0 Å². The van der Waals surface area contributed by atoms with E-state index in [4.69, 9.17) is 0 Å². The van der Waals surface area contributed by atoms with E-state index in [9.17, 15) is 22.4 Å². The van der Waals surface area contributed by atoms with Gasteiger partial charge in [0.15, 0.2) is 5.78 Å². The Hall–Kier alpha value is -1.39. The lowest BCUT2D eigenvalue weighted by Gasteiger charge is -2.06. The molecule has 0 saturated heterocycles. The molecule has 0 N–H and O–H groups in total. The van der Waals surface area contributed by atoms with E-state index in [1.165, 1.54) is 13.8 Å². The van der Waals surface area contributed by atoms with Gasteiger partial charge in [0.1, 0.15) is 5.83 Å². The predicted octanol–water partition coefficient (Wildman–Crippen LogP) is 3.88. The highest BCUT2D eigenvalue weighted by molar-refractivity contribution is 5.93. The number of alkyl halides is 3. The lowest BCUT2D eigenvalue weighted by molar-refractivity contribution is -0.113. The van der Waals surface area contributed by atoms with Crippen LogP contribution in [-0.4, -0.2) is 12.0 Å².